The minimum absolute atomic E-state index is 0.653. The number of hydrogen-bond donors (Lipinski definition) is 1. The number of nitrogens with zero attached hydrogens (tertiary/aromatic N) is 3. The fourth-order valence-corrected chi connectivity index (χ4v) is 1.64. The molecule has 0 bridgehead atoms. The molecule has 1 aromatic rings. The molecule has 0 aliphatic rings. The van der Waals surface area contributed by atoms with Crippen LogP contribution in [0.2, 0.25) is 0 Å². The van der Waals surface area contributed by atoms with Gasteiger partial charge in [-0.3, -0.25) is 0 Å². The second-order valence-corrected chi connectivity index (χ2v) is 4.26. The molecule has 0 aliphatic heterocycles. The average molecular weight is 210 g/mol. The summed E-state index contributed by atoms with van der Waals surface area (Å²) in [5.74, 6) is 0. The van der Waals surface area contributed by atoms with Crippen LogP contribution in [0.3, 0.4) is 0 Å². The van der Waals surface area contributed by atoms with Crippen molar-refractivity contribution < 1.29 is 0 Å². The average Bonchev–Trinajstić information content (AvgIpc) is 2.60. The molecule has 4 nitrogen and oxygen atoms in total. The lowest BCUT2D eigenvalue weighted by Gasteiger charge is -2.08. The SMILES string of the molecule is CN(C)CCCNc1ncc(C#N)s1. The molecular formula is C9H14N4S. The first-order valence-electron chi connectivity index (χ1n) is 4.47. The number of aromatic nitrogens is 1. The zero-order valence-corrected chi connectivity index (χ0v) is 9.27. The Labute approximate surface area is 88.2 Å². The summed E-state index contributed by atoms with van der Waals surface area (Å²) >= 11 is 1.39. The molecule has 0 radical (unpaired) electrons. The van der Waals surface area contributed by atoms with E-state index < -0.39 is 0 Å². The third kappa shape index (κ3) is 3.73. The summed E-state index contributed by atoms with van der Waals surface area (Å²) in [5, 5.41) is 12.6. The Morgan fingerprint density at radius 1 is 1.64 bits per heavy atom. The number of nitrogens with one attached hydrogen (secondary N) is 1. The van der Waals surface area contributed by atoms with E-state index >= 15 is 0 Å². The molecule has 1 aromatic heterocycles. The van der Waals surface area contributed by atoms with Crippen LogP contribution in [0.4, 0.5) is 5.13 Å². The minimum atomic E-state index is 0.653. The number of anilines is 1. The molecule has 0 aromatic carbocycles. The maximum absolute atomic E-state index is 8.58. The third-order valence-electron chi connectivity index (χ3n) is 1.67. The second kappa shape index (κ2) is 5.58. The Morgan fingerprint density at radius 2 is 2.43 bits per heavy atom. The quantitative estimate of drug-likeness (QED) is 0.746. The number of nitriles is 1. The highest BCUT2D eigenvalue weighted by atomic mass is 32.1. The summed E-state index contributed by atoms with van der Waals surface area (Å²) in [4.78, 5) is 6.87. The van der Waals surface area contributed by atoms with Crippen LogP contribution in [0.15, 0.2) is 6.20 Å². The van der Waals surface area contributed by atoms with Crippen molar-refractivity contribution in [2.45, 2.75) is 6.42 Å². The molecule has 76 valence electrons. The van der Waals surface area contributed by atoms with Gasteiger partial charge in [0.2, 0.25) is 0 Å². The molecule has 0 spiro atoms. The molecule has 0 saturated carbocycles. The summed E-state index contributed by atoms with van der Waals surface area (Å²) in [6.45, 7) is 1.96. The molecular weight excluding hydrogens is 196 g/mol. The fraction of sp³-hybridized carbons (Fsp3) is 0.556. The number of rotatable bonds is 5. The van der Waals surface area contributed by atoms with Crippen molar-refractivity contribution in [2.24, 2.45) is 0 Å². The molecule has 0 saturated heterocycles. The molecule has 1 heterocycles. The molecule has 0 fully saturated rings. The van der Waals surface area contributed by atoms with E-state index in [0.717, 1.165) is 24.6 Å². The van der Waals surface area contributed by atoms with Crippen molar-refractivity contribution in [1.82, 2.24) is 9.88 Å². The van der Waals surface area contributed by atoms with E-state index in [-0.39, 0.29) is 0 Å². The van der Waals surface area contributed by atoms with Gasteiger partial charge >= 0.3 is 0 Å². The van der Waals surface area contributed by atoms with E-state index in [9.17, 15) is 0 Å². The van der Waals surface area contributed by atoms with Crippen molar-refractivity contribution in [3.63, 3.8) is 0 Å². The molecule has 1 rings (SSSR count). The van der Waals surface area contributed by atoms with Crippen molar-refractivity contribution in [3.05, 3.63) is 11.1 Å². The monoisotopic (exact) mass is 210 g/mol. The highest BCUT2D eigenvalue weighted by molar-refractivity contribution is 7.16. The smallest absolute Gasteiger partial charge is 0.183 e. The summed E-state index contributed by atoms with van der Waals surface area (Å²) in [6.07, 6.45) is 2.67. The first kappa shape index (κ1) is 11.0. The topological polar surface area (TPSA) is 52.0 Å². The van der Waals surface area contributed by atoms with Crippen LogP contribution in [0.25, 0.3) is 0 Å². The zero-order chi connectivity index (χ0) is 10.4. The lowest BCUT2D eigenvalue weighted by Crippen LogP contribution is -2.16. The highest BCUT2D eigenvalue weighted by Gasteiger charge is 1.99. The molecule has 0 atom stereocenters. The van der Waals surface area contributed by atoms with Crippen molar-refractivity contribution in [3.8, 4) is 6.07 Å². The minimum Gasteiger partial charge on any atom is -0.361 e. The maximum Gasteiger partial charge on any atom is 0.183 e. The summed E-state index contributed by atoms with van der Waals surface area (Å²) in [5.41, 5.74) is 0. The second-order valence-electron chi connectivity index (χ2n) is 3.23. The molecule has 5 heteroatoms. The molecule has 0 unspecified atom stereocenters. The Kier molecular flexibility index (Phi) is 4.36. The normalized spacial score (nSPS) is 10.1. The molecule has 14 heavy (non-hydrogen) atoms. The van der Waals surface area contributed by atoms with E-state index in [4.69, 9.17) is 5.26 Å². The Morgan fingerprint density at radius 3 is 3.00 bits per heavy atom. The van der Waals surface area contributed by atoms with Crippen LogP contribution in [0.1, 0.15) is 11.3 Å². The lowest BCUT2D eigenvalue weighted by molar-refractivity contribution is 0.405. The van der Waals surface area contributed by atoms with E-state index in [1.807, 2.05) is 0 Å². The van der Waals surface area contributed by atoms with Crippen LogP contribution < -0.4 is 5.32 Å². The summed E-state index contributed by atoms with van der Waals surface area (Å²) < 4.78 is 0. The van der Waals surface area contributed by atoms with Crippen LogP contribution >= 0.6 is 11.3 Å². The van der Waals surface area contributed by atoms with Crippen LogP contribution in [0.5, 0.6) is 0 Å². The summed E-state index contributed by atoms with van der Waals surface area (Å²) in [6, 6.07) is 2.06. The lowest BCUT2D eigenvalue weighted by atomic mass is 10.4. The number of thiazole rings is 1. The highest BCUT2D eigenvalue weighted by Crippen LogP contribution is 2.16. The molecule has 1 N–H and O–H groups in total. The third-order valence-corrected chi connectivity index (χ3v) is 2.53. The zero-order valence-electron chi connectivity index (χ0n) is 8.45. The van der Waals surface area contributed by atoms with Gasteiger partial charge in [-0.1, -0.05) is 11.3 Å². The Bertz CT molecular complexity index is 313. The van der Waals surface area contributed by atoms with E-state index in [2.05, 4.69) is 35.4 Å². The van der Waals surface area contributed by atoms with E-state index in [1.54, 1.807) is 6.20 Å². The first-order chi connectivity index (χ1) is 6.72. The van der Waals surface area contributed by atoms with Crippen LogP contribution in [-0.2, 0) is 0 Å². The van der Waals surface area contributed by atoms with Gasteiger partial charge in [0.1, 0.15) is 10.9 Å². The van der Waals surface area contributed by atoms with Crippen LogP contribution in [0, 0.1) is 11.3 Å². The van der Waals surface area contributed by atoms with Gasteiger partial charge in [0.05, 0.1) is 6.20 Å². The largest absolute Gasteiger partial charge is 0.361 e. The van der Waals surface area contributed by atoms with Crippen molar-refractivity contribution >= 4 is 16.5 Å². The van der Waals surface area contributed by atoms with Crippen molar-refractivity contribution in [2.75, 3.05) is 32.5 Å². The number of hydrogen-bond acceptors (Lipinski definition) is 5. The van der Waals surface area contributed by atoms with Gasteiger partial charge in [-0.15, -0.1) is 0 Å². The van der Waals surface area contributed by atoms with Crippen molar-refractivity contribution in [1.29, 1.82) is 5.26 Å². The Hall–Kier alpha value is -1.12. The first-order valence-corrected chi connectivity index (χ1v) is 5.28. The van der Waals surface area contributed by atoms with E-state index in [0.29, 0.717) is 4.88 Å². The Balaban J connectivity index is 2.22. The predicted molar refractivity (Wildman–Crippen MR) is 58.5 cm³/mol. The maximum atomic E-state index is 8.58. The standard InChI is InChI=1S/C9H14N4S/c1-13(2)5-3-4-11-9-12-7-8(6-10)14-9/h7H,3-5H2,1-2H3,(H,11,12). The fourth-order valence-electron chi connectivity index (χ4n) is 0.998. The van der Waals surface area contributed by atoms with Gasteiger partial charge in [-0.05, 0) is 27.1 Å². The molecule has 0 aliphatic carbocycles. The summed E-state index contributed by atoms with van der Waals surface area (Å²) in [7, 11) is 4.11. The van der Waals surface area contributed by atoms with E-state index in [1.165, 1.54) is 11.3 Å². The van der Waals surface area contributed by atoms with Crippen LogP contribution in [-0.4, -0.2) is 37.1 Å². The predicted octanol–water partition coefficient (Wildman–Crippen LogP) is 1.38. The van der Waals surface area contributed by atoms with Gasteiger partial charge in [-0.25, -0.2) is 4.98 Å². The van der Waals surface area contributed by atoms with Gasteiger partial charge in [-0.2, -0.15) is 5.26 Å². The van der Waals surface area contributed by atoms with Gasteiger partial charge in [0.15, 0.2) is 5.13 Å². The molecule has 0 amide bonds. The van der Waals surface area contributed by atoms with Gasteiger partial charge in [0, 0.05) is 6.54 Å². The van der Waals surface area contributed by atoms with Gasteiger partial charge in [0.25, 0.3) is 0 Å². The van der Waals surface area contributed by atoms with Gasteiger partial charge < -0.3 is 10.2 Å².